The zero-order chi connectivity index (χ0) is 9.41. The van der Waals surface area contributed by atoms with Gasteiger partial charge in [-0.3, -0.25) is 0 Å². The molecule has 1 saturated heterocycles. The molecule has 0 unspecified atom stereocenters. The van der Waals surface area contributed by atoms with E-state index >= 15 is 0 Å². The summed E-state index contributed by atoms with van der Waals surface area (Å²) < 4.78 is 10.7. The molecule has 0 aliphatic carbocycles. The highest BCUT2D eigenvalue weighted by atomic mass is 35.5. The minimum absolute atomic E-state index is 0.00748. The Morgan fingerprint density at radius 1 is 1.50 bits per heavy atom. The van der Waals surface area contributed by atoms with E-state index in [9.17, 15) is 0 Å². The summed E-state index contributed by atoms with van der Waals surface area (Å²) in [5.74, 6) is -0.667. The lowest BCUT2D eigenvalue weighted by atomic mass is 10.1. The van der Waals surface area contributed by atoms with Gasteiger partial charge in [-0.2, -0.15) is 0 Å². The molecule has 0 bridgehead atoms. The van der Waals surface area contributed by atoms with E-state index in [-0.39, 0.29) is 5.17 Å². The summed E-state index contributed by atoms with van der Waals surface area (Å²) in [4.78, 5) is 0. The van der Waals surface area contributed by atoms with Gasteiger partial charge in [0.1, 0.15) is 5.60 Å². The van der Waals surface area contributed by atoms with Crippen LogP contribution in [0.3, 0.4) is 0 Å². The van der Waals surface area contributed by atoms with Crippen LogP contribution in [0.1, 0.15) is 20.8 Å². The summed E-state index contributed by atoms with van der Waals surface area (Å²) in [5, 5.41) is 11.3. The monoisotopic (exact) mass is 193 g/mol. The van der Waals surface area contributed by atoms with Gasteiger partial charge in [0.25, 0.3) is 0 Å². The van der Waals surface area contributed by atoms with Crippen molar-refractivity contribution in [1.29, 1.82) is 0 Å². The fourth-order valence-electron chi connectivity index (χ4n) is 1.12. The third kappa shape index (κ3) is 1.71. The summed E-state index contributed by atoms with van der Waals surface area (Å²) in [6.07, 6.45) is 0. The first kappa shape index (κ1) is 9.77. The number of ether oxygens (including phenoxy) is 2. The second kappa shape index (κ2) is 2.87. The molecule has 0 aromatic rings. The molecule has 1 aliphatic rings. The third-order valence-electron chi connectivity index (χ3n) is 1.69. The van der Waals surface area contributed by atoms with Crippen molar-refractivity contribution in [2.45, 2.75) is 32.2 Å². The molecule has 1 N–H and O–H groups in total. The van der Waals surface area contributed by atoms with Gasteiger partial charge >= 0.3 is 0 Å². The highest BCUT2D eigenvalue weighted by Gasteiger charge is 2.45. The molecule has 70 valence electrons. The zero-order valence-corrected chi connectivity index (χ0v) is 8.05. The maximum Gasteiger partial charge on any atom is 0.179 e. The maximum absolute atomic E-state index is 8.45. The van der Waals surface area contributed by atoms with Crippen molar-refractivity contribution in [2.75, 3.05) is 6.61 Å². The molecule has 0 amide bonds. The predicted octanol–water partition coefficient (Wildman–Crippen LogP) is 1.55. The molecule has 1 atom stereocenters. The highest BCUT2D eigenvalue weighted by molar-refractivity contribution is 6.67. The lowest BCUT2D eigenvalue weighted by Gasteiger charge is -2.22. The maximum atomic E-state index is 8.45. The van der Waals surface area contributed by atoms with E-state index in [2.05, 4.69) is 5.16 Å². The highest BCUT2D eigenvalue weighted by Crippen LogP contribution is 2.32. The van der Waals surface area contributed by atoms with E-state index in [0.717, 1.165) is 0 Å². The lowest BCUT2D eigenvalue weighted by Crippen LogP contribution is -2.36. The Kier molecular flexibility index (Phi) is 2.33. The minimum atomic E-state index is -0.820. The van der Waals surface area contributed by atoms with Crippen LogP contribution in [0.4, 0.5) is 0 Å². The van der Waals surface area contributed by atoms with Crippen molar-refractivity contribution < 1.29 is 14.7 Å². The van der Waals surface area contributed by atoms with Crippen molar-refractivity contribution in [1.82, 2.24) is 0 Å². The van der Waals surface area contributed by atoms with Crippen molar-refractivity contribution >= 4 is 16.8 Å². The Morgan fingerprint density at radius 2 is 2.08 bits per heavy atom. The Hall–Kier alpha value is -0.320. The van der Waals surface area contributed by atoms with E-state index in [1.807, 2.05) is 0 Å². The largest absolute Gasteiger partial charge is 0.410 e. The molecular weight excluding hydrogens is 182 g/mol. The molecule has 0 radical (unpaired) electrons. The van der Waals surface area contributed by atoms with E-state index < -0.39 is 11.4 Å². The molecular formula is C7H12ClNO3. The standard InChI is InChI=1S/C7H12ClNO3/c1-6(2)11-4-7(3,12-6)5(8)9-10/h10H,4H2,1-3H3/b9-5-/t7-/m0/s1. The average molecular weight is 194 g/mol. The number of oxime groups is 1. The van der Waals surface area contributed by atoms with Gasteiger partial charge in [-0.25, -0.2) is 0 Å². The van der Waals surface area contributed by atoms with Crippen molar-refractivity contribution in [3.8, 4) is 0 Å². The summed E-state index contributed by atoms with van der Waals surface area (Å²) in [6, 6.07) is 0. The van der Waals surface area contributed by atoms with Gasteiger partial charge in [0.2, 0.25) is 0 Å². The van der Waals surface area contributed by atoms with Crippen LogP contribution in [-0.2, 0) is 9.47 Å². The van der Waals surface area contributed by atoms with Crippen LogP contribution in [0.2, 0.25) is 0 Å². The first-order valence-electron chi connectivity index (χ1n) is 3.62. The molecule has 0 spiro atoms. The van der Waals surface area contributed by atoms with Crippen LogP contribution in [0.25, 0.3) is 0 Å². The summed E-state index contributed by atoms with van der Waals surface area (Å²) >= 11 is 5.64. The van der Waals surface area contributed by atoms with Crippen LogP contribution in [0.5, 0.6) is 0 Å². The minimum Gasteiger partial charge on any atom is -0.410 e. The molecule has 1 fully saturated rings. The fraction of sp³-hybridized carbons (Fsp3) is 0.857. The number of nitrogens with zero attached hydrogens (tertiary/aromatic N) is 1. The first-order chi connectivity index (χ1) is 5.40. The zero-order valence-electron chi connectivity index (χ0n) is 7.30. The van der Waals surface area contributed by atoms with Gasteiger partial charge in [-0.1, -0.05) is 16.8 Å². The molecule has 1 heterocycles. The van der Waals surface area contributed by atoms with Crippen molar-refractivity contribution in [3.63, 3.8) is 0 Å². The lowest BCUT2D eigenvalue weighted by molar-refractivity contribution is -0.144. The van der Waals surface area contributed by atoms with Gasteiger partial charge in [0.15, 0.2) is 11.0 Å². The van der Waals surface area contributed by atoms with Gasteiger partial charge in [-0.15, -0.1) is 0 Å². The smallest absolute Gasteiger partial charge is 0.179 e. The third-order valence-corrected chi connectivity index (χ3v) is 2.17. The second-order valence-corrected chi connectivity index (χ2v) is 3.77. The second-order valence-electron chi connectivity index (χ2n) is 3.41. The van der Waals surface area contributed by atoms with Gasteiger partial charge in [0, 0.05) is 0 Å². The summed E-state index contributed by atoms with van der Waals surface area (Å²) in [5.41, 5.74) is -0.820. The van der Waals surface area contributed by atoms with Crippen LogP contribution in [0, 0.1) is 0 Å². The van der Waals surface area contributed by atoms with E-state index in [1.165, 1.54) is 0 Å². The first-order valence-corrected chi connectivity index (χ1v) is 4.00. The van der Waals surface area contributed by atoms with E-state index in [0.29, 0.717) is 6.61 Å². The molecule has 4 nitrogen and oxygen atoms in total. The van der Waals surface area contributed by atoms with Crippen LogP contribution < -0.4 is 0 Å². The molecule has 5 heteroatoms. The Morgan fingerprint density at radius 3 is 2.42 bits per heavy atom. The molecule has 1 rings (SSSR count). The molecule has 1 aliphatic heterocycles. The molecule has 0 aromatic carbocycles. The number of hydrogen-bond acceptors (Lipinski definition) is 4. The number of halogens is 1. The van der Waals surface area contributed by atoms with E-state index in [4.69, 9.17) is 26.3 Å². The van der Waals surface area contributed by atoms with E-state index in [1.54, 1.807) is 20.8 Å². The Bertz CT molecular complexity index is 217. The SMILES string of the molecule is CC1(C)OC[C@@](C)(/C(Cl)=N/O)O1. The van der Waals surface area contributed by atoms with Crippen LogP contribution in [0.15, 0.2) is 5.16 Å². The molecule has 0 aromatic heterocycles. The van der Waals surface area contributed by atoms with Gasteiger partial charge in [-0.05, 0) is 20.8 Å². The fourth-order valence-corrected chi connectivity index (χ4v) is 1.21. The van der Waals surface area contributed by atoms with Crippen molar-refractivity contribution in [2.24, 2.45) is 5.16 Å². The topological polar surface area (TPSA) is 51.0 Å². The number of hydrogen-bond donors (Lipinski definition) is 1. The number of rotatable bonds is 1. The summed E-state index contributed by atoms with van der Waals surface area (Å²) in [6.45, 7) is 5.56. The molecule has 12 heavy (non-hydrogen) atoms. The average Bonchev–Trinajstić information content (AvgIpc) is 2.25. The summed E-state index contributed by atoms with van der Waals surface area (Å²) in [7, 11) is 0. The quantitative estimate of drug-likeness (QED) is 0.391. The normalized spacial score (nSPS) is 35.5. The van der Waals surface area contributed by atoms with Crippen LogP contribution in [-0.4, -0.2) is 28.4 Å². The Balaban J connectivity index is 2.78. The van der Waals surface area contributed by atoms with Gasteiger partial charge in [0.05, 0.1) is 6.61 Å². The van der Waals surface area contributed by atoms with Crippen LogP contribution >= 0.6 is 11.6 Å². The Labute approximate surface area is 76.1 Å². The predicted molar refractivity (Wildman–Crippen MR) is 44.6 cm³/mol. The molecule has 0 saturated carbocycles. The van der Waals surface area contributed by atoms with Crippen molar-refractivity contribution in [3.05, 3.63) is 0 Å². The van der Waals surface area contributed by atoms with Gasteiger partial charge < -0.3 is 14.7 Å².